The predicted octanol–water partition coefficient (Wildman–Crippen LogP) is 2.19. The van der Waals surface area contributed by atoms with Gasteiger partial charge >= 0.3 is 0 Å². The fourth-order valence-corrected chi connectivity index (χ4v) is 3.33. The Morgan fingerprint density at radius 3 is 2.35 bits per heavy atom. The highest BCUT2D eigenvalue weighted by molar-refractivity contribution is 7.89. The standard InChI is InChI=1S/C19H24N2O4S/c1-21(2)26(23,24)17-11-8-15(9-12-17)10-13-19(22)20-14-16-6-4-5-7-18(16)25-3/h4-9,11-12H,10,13-14H2,1-3H3,(H,20,22). The topological polar surface area (TPSA) is 75.7 Å². The molecule has 0 fully saturated rings. The zero-order chi connectivity index (χ0) is 19.2. The molecule has 0 saturated carbocycles. The number of para-hydroxylation sites is 1. The molecule has 0 heterocycles. The largest absolute Gasteiger partial charge is 0.496 e. The molecule has 0 aliphatic carbocycles. The number of rotatable bonds is 8. The Hall–Kier alpha value is -2.38. The van der Waals surface area contributed by atoms with Gasteiger partial charge in [-0.1, -0.05) is 30.3 Å². The van der Waals surface area contributed by atoms with Crippen molar-refractivity contribution in [2.24, 2.45) is 0 Å². The van der Waals surface area contributed by atoms with Crippen LogP contribution in [0.1, 0.15) is 17.5 Å². The Bertz CT molecular complexity index is 846. The van der Waals surface area contributed by atoms with Crippen molar-refractivity contribution in [3.05, 3.63) is 59.7 Å². The first kappa shape index (κ1) is 19.9. The van der Waals surface area contributed by atoms with Crippen LogP contribution in [0.15, 0.2) is 53.4 Å². The van der Waals surface area contributed by atoms with Crippen LogP contribution in [-0.4, -0.2) is 39.8 Å². The molecule has 0 aliphatic heterocycles. The van der Waals surface area contributed by atoms with Gasteiger partial charge in [0.1, 0.15) is 5.75 Å². The Labute approximate surface area is 154 Å². The highest BCUT2D eigenvalue weighted by Crippen LogP contribution is 2.17. The lowest BCUT2D eigenvalue weighted by Crippen LogP contribution is -2.23. The maximum Gasteiger partial charge on any atom is 0.242 e. The molecule has 2 aromatic rings. The van der Waals surface area contributed by atoms with Crippen LogP contribution in [-0.2, 0) is 27.8 Å². The van der Waals surface area contributed by atoms with Crippen LogP contribution in [0, 0.1) is 0 Å². The van der Waals surface area contributed by atoms with Gasteiger partial charge in [-0.2, -0.15) is 0 Å². The number of hydrogen-bond donors (Lipinski definition) is 1. The Morgan fingerprint density at radius 2 is 1.73 bits per heavy atom. The van der Waals surface area contributed by atoms with Crippen LogP contribution in [0.5, 0.6) is 5.75 Å². The molecule has 140 valence electrons. The van der Waals surface area contributed by atoms with Crippen LogP contribution in [0.3, 0.4) is 0 Å². The molecule has 0 bridgehead atoms. The molecular weight excluding hydrogens is 352 g/mol. The molecule has 6 nitrogen and oxygen atoms in total. The predicted molar refractivity (Wildman–Crippen MR) is 100 cm³/mol. The minimum atomic E-state index is -3.43. The summed E-state index contributed by atoms with van der Waals surface area (Å²) in [6.45, 7) is 0.406. The number of sulfonamides is 1. The lowest BCUT2D eigenvalue weighted by Gasteiger charge is -2.12. The van der Waals surface area contributed by atoms with Crippen molar-refractivity contribution in [3.8, 4) is 5.75 Å². The van der Waals surface area contributed by atoms with Crippen molar-refractivity contribution in [2.75, 3.05) is 21.2 Å². The van der Waals surface area contributed by atoms with Crippen LogP contribution in [0.4, 0.5) is 0 Å². The van der Waals surface area contributed by atoms with Crippen LogP contribution in [0.25, 0.3) is 0 Å². The molecule has 0 atom stereocenters. The van der Waals surface area contributed by atoms with E-state index in [0.717, 1.165) is 16.9 Å². The number of aryl methyl sites for hydroxylation is 1. The van der Waals surface area contributed by atoms with Gasteiger partial charge in [0.25, 0.3) is 0 Å². The highest BCUT2D eigenvalue weighted by Gasteiger charge is 2.16. The number of ether oxygens (including phenoxy) is 1. The highest BCUT2D eigenvalue weighted by atomic mass is 32.2. The zero-order valence-corrected chi connectivity index (χ0v) is 16.0. The lowest BCUT2D eigenvalue weighted by atomic mass is 10.1. The Morgan fingerprint density at radius 1 is 1.08 bits per heavy atom. The van der Waals surface area contributed by atoms with E-state index in [9.17, 15) is 13.2 Å². The van der Waals surface area contributed by atoms with Crippen molar-refractivity contribution in [1.82, 2.24) is 9.62 Å². The average molecular weight is 376 g/mol. The van der Waals surface area contributed by atoms with E-state index < -0.39 is 10.0 Å². The number of carbonyl (C=O) groups excluding carboxylic acids is 1. The summed E-state index contributed by atoms with van der Waals surface area (Å²) in [5.74, 6) is 0.673. The summed E-state index contributed by atoms with van der Waals surface area (Å²) in [5.41, 5.74) is 1.83. The van der Waals surface area contributed by atoms with Gasteiger partial charge in [0.2, 0.25) is 15.9 Å². The third-order valence-electron chi connectivity index (χ3n) is 4.01. The van der Waals surface area contributed by atoms with E-state index >= 15 is 0 Å². The molecule has 0 saturated heterocycles. The third-order valence-corrected chi connectivity index (χ3v) is 5.84. The first-order valence-electron chi connectivity index (χ1n) is 8.24. The molecule has 2 aromatic carbocycles. The van der Waals surface area contributed by atoms with Crippen molar-refractivity contribution in [2.45, 2.75) is 24.3 Å². The first-order valence-corrected chi connectivity index (χ1v) is 9.68. The molecule has 2 rings (SSSR count). The third kappa shape index (κ3) is 5.06. The SMILES string of the molecule is COc1ccccc1CNC(=O)CCc1ccc(S(=O)(=O)N(C)C)cc1. The van der Waals surface area contributed by atoms with Gasteiger partial charge in [0.15, 0.2) is 0 Å². The van der Waals surface area contributed by atoms with Crippen molar-refractivity contribution in [1.29, 1.82) is 0 Å². The molecule has 0 aromatic heterocycles. The molecule has 0 aliphatic rings. The Balaban J connectivity index is 1.88. The first-order chi connectivity index (χ1) is 12.3. The average Bonchev–Trinajstić information content (AvgIpc) is 2.65. The van der Waals surface area contributed by atoms with Crippen molar-refractivity contribution in [3.63, 3.8) is 0 Å². The van der Waals surface area contributed by atoms with Gasteiger partial charge in [-0.3, -0.25) is 4.79 Å². The molecule has 7 heteroatoms. The van der Waals surface area contributed by atoms with Gasteiger partial charge in [-0.15, -0.1) is 0 Å². The number of amides is 1. The molecule has 1 N–H and O–H groups in total. The number of carbonyl (C=O) groups is 1. The smallest absolute Gasteiger partial charge is 0.242 e. The molecular formula is C19H24N2O4S. The molecule has 0 radical (unpaired) electrons. The summed E-state index contributed by atoms with van der Waals surface area (Å²) in [5, 5.41) is 2.87. The molecule has 26 heavy (non-hydrogen) atoms. The van der Waals surface area contributed by atoms with E-state index in [-0.39, 0.29) is 10.8 Å². The number of hydrogen-bond acceptors (Lipinski definition) is 4. The van der Waals surface area contributed by atoms with Gasteiger partial charge in [-0.05, 0) is 30.2 Å². The van der Waals surface area contributed by atoms with E-state index in [1.807, 2.05) is 24.3 Å². The van der Waals surface area contributed by atoms with E-state index in [1.165, 1.54) is 18.4 Å². The normalized spacial score (nSPS) is 11.4. The summed E-state index contributed by atoms with van der Waals surface area (Å²) in [6, 6.07) is 14.1. The molecule has 0 spiro atoms. The van der Waals surface area contributed by atoms with E-state index in [1.54, 1.807) is 31.4 Å². The van der Waals surface area contributed by atoms with Gasteiger partial charge in [-0.25, -0.2) is 12.7 Å². The fourth-order valence-electron chi connectivity index (χ4n) is 2.43. The van der Waals surface area contributed by atoms with Gasteiger partial charge < -0.3 is 10.1 Å². The molecule has 0 unspecified atom stereocenters. The summed E-state index contributed by atoms with van der Waals surface area (Å²) in [7, 11) is 1.16. The second-order valence-corrected chi connectivity index (χ2v) is 8.17. The maximum atomic E-state index is 12.1. The zero-order valence-electron chi connectivity index (χ0n) is 15.2. The summed E-state index contributed by atoms with van der Waals surface area (Å²) < 4.78 is 30.5. The van der Waals surface area contributed by atoms with Crippen molar-refractivity contribution < 1.29 is 17.9 Å². The van der Waals surface area contributed by atoms with Crippen LogP contribution >= 0.6 is 0 Å². The lowest BCUT2D eigenvalue weighted by molar-refractivity contribution is -0.121. The van der Waals surface area contributed by atoms with Gasteiger partial charge in [0, 0.05) is 32.6 Å². The van der Waals surface area contributed by atoms with Crippen molar-refractivity contribution >= 4 is 15.9 Å². The minimum Gasteiger partial charge on any atom is -0.496 e. The van der Waals surface area contributed by atoms with E-state index in [0.29, 0.717) is 19.4 Å². The second-order valence-electron chi connectivity index (χ2n) is 6.02. The number of methoxy groups -OCH3 is 1. The quantitative estimate of drug-likeness (QED) is 0.766. The van der Waals surface area contributed by atoms with E-state index in [2.05, 4.69) is 5.32 Å². The summed E-state index contributed by atoms with van der Waals surface area (Å²) in [4.78, 5) is 12.3. The number of benzene rings is 2. The minimum absolute atomic E-state index is 0.0686. The van der Waals surface area contributed by atoms with Crippen LogP contribution in [0.2, 0.25) is 0 Å². The summed E-state index contributed by atoms with van der Waals surface area (Å²) in [6.07, 6.45) is 0.870. The van der Waals surface area contributed by atoms with Gasteiger partial charge in [0.05, 0.1) is 12.0 Å². The fraction of sp³-hybridized carbons (Fsp3) is 0.316. The maximum absolute atomic E-state index is 12.1. The summed E-state index contributed by atoms with van der Waals surface area (Å²) >= 11 is 0. The van der Waals surface area contributed by atoms with Crippen LogP contribution < -0.4 is 10.1 Å². The Kier molecular flexibility index (Phi) is 6.76. The number of nitrogens with zero attached hydrogens (tertiary/aromatic N) is 1. The second kappa shape index (κ2) is 8.82. The number of nitrogens with one attached hydrogen (secondary N) is 1. The van der Waals surface area contributed by atoms with E-state index in [4.69, 9.17) is 4.74 Å². The monoisotopic (exact) mass is 376 g/mol. The molecule has 1 amide bonds.